The van der Waals surface area contributed by atoms with Gasteiger partial charge < -0.3 is 4.90 Å². The molecule has 1 aromatic carbocycles. The molecule has 0 aliphatic carbocycles. The molecule has 0 aliphatic rings. The standard InChI is InChI=1S/C16H20FN3O3S/c1-4-24(22,23)11-12(2)19(3)16(21)15-8-9-20(18-15)14-7-5-6-13(17)10-14/h5-10,12H,4,11H2,1-3H3. The molecule has 0 spiro atoms. The lowest BCUT2D eigenvalue weighted by molar-refractivity contribution is 0.0750. The Morgan fingerprint density at radius 3 is 2.71 bits per heavy atom. The minimum atomic E-state index is -3.18. The monoisotopic (exact) mass is 353 g/mol. The van der Waals surface area contributed by atoms with Crippen molar-refractivity contribution in [3.8, 4) is 5.69 Å². The van der Waals surface area contributed by atoms with Crippen LogP contribution >= 0.6 is 0 Å². The predicted octanol–water partition coefficient (Wildman–Crippen LogP) is 1.91. The van der Waals surface area contributed by atoms with Crippen LogP contribution in [0.25, 0.3) is 5.69 Å². The zero-order chi connectivity index (χ0) is 17.9. The molecule has 0 saturated carbocycles. The number of halogens is 1. The number of hydrogen-bond donors (Lipinski definition) is 0. The van der Waals surface area contributed by atoms with Gasteiger partial charge in [-0.3, -0.25) is 4.79 Å². The second kappa shape index (κ2) is 7.12. The van der Waals surface area contributed by atoms with Gasteiger partial charge in [-0.25, -0.2) is 17.5 Å². The number of nitrogens with zero attached hydrogens (tertiary/aromatic N) is 3. The van der Waals surface area contributed by atoms with Crippen LogP contribution in [0, 0.1) is 5.82 Å². The van der Waals surface area contributed by atoms with Crippen molar-refractivity contribution in [3.63, 3.8) is 0 Å². The predicted molar refractivity (Wildman–Crippen MR) is 89.4 cm³/mol. The number of hydrogen-bond acceptors (Lipinski definition) is 4. The first-order valence-corrected chi connectivity index (χ1v) is 9.35. The minimum absolute atomic E-state index is 0.0353. The van der Waals surface area contributed by atoms with Gasteiger partial charge in [0.15, 0.2) is 15.5 Å². The van der Waals surface area contributed by atoms with E-state index in [1.807, 2.05) is 0 Å². The first-order chi connectivity index (χ1) is 11.2. The normalized spacial score (nSPS) is 12.8. The molecule has 1 atom stereocenters. The molecule has 6 nitrogen and oxygen atoms in total. The Kier molecular flexibility index (Phi) is 5.38. The average molecular weight is 353 g/mol. The molecule has 1 aromatic heterocycles. The average Bonchev–Trinajstić information content (AvgIpc) is 3.03. The molecule has 0 fully saturated rings. The van der Waals surface area contributed by atoms with Gasteiger partial charge in [-0.05, 0) is 31.2 Å². The first kappa shape index (κ1) is 18.1. The summed E-state index contributed by atoms with van der Waals surface area (Å²) in [5.74, 6) is -0.848. The quantitative estimate of drug-likeness (QED) is 0.795. The lowest BCUT2D eigenvalue weighted by Crippen LogP contribution is -2.40. The Morgan fingerprint density at radius 2 is 2.08 bits per heavy atom. The summed E-state index contributed by atoms with van der Waals surface area (Å²) in [5.41, 5.74) is 0.667. The first-order valence-electron chi connectivity index (χ1n) is 7.52. The Hall–Kier alpha value is -2.22. The van der Waals surface area contributed by atoms with Gasteiger partial charge in [-0.15, -0.1) is 0 Å². The summed E-state index contributed by atoms with van der Waals surface area (Å²) >= 11 is 0. The van der Waals surface area contributed by atoms with Crippen LogP contribution in [-0.4, -0.2) is 53.6 Å². The van der Waals surface area contributed by atoms with Crippen molar-refractivity contribution in [2.24, 2.45) is 0 Å². The summed E-state index contributed by atoms with van der Waals surface area (Å²) in [7, 11) is -1.64. The number of sulfone groups is 1. The zero-order valence-electron chi connectivity index (χ0n) is 13.8. The second-order valence-electron chi connectivity index (χ2n) is 5.59. The Balaban J connectivity index is 2.16. The van der Waals surface area contributed by atoms with Crippen LogP contribution in [0.3, 0.4) is 0 Å². The van der Waals surface area contributed by atoms with Gasteiger partial charge >= 0.3 is 0 Å². The van der Waals surface area contributed by atoms with E-state index < -0.39 is 21.7 Å². The summed E-state index contributed by atoms with van der Waals surface area (Å²) in [4.78, 5) is 13.8. The lowest BCUT2D eigenvalue weighted by Gasteiger charge is -2.23. The van der Waals surface area contributed by atoms with Crippen molar-refractivity contribution in [1.29, 1.82) is 0 Å². The van der Waals surface area contributed by atoms with Gasteiger partial charge in [-0.1, -0.05) is 13.0 Å². The molecule has 0 bridgehead atoms. The van der Waals surface area contributed by atoms with Gasteiger partial charge in [-0.2, -0.15) is 5.10 Å². The van der Waals surface area contributed by atoms with E-state index in [9.17, 15) is 17.6 Å². The topological polar surface area (TPSA) is 72.3 Å². The summed E-state index contributed by atoms with van der Waals surface area (Å²) in [6, 6.07) is 6.90. The van der Waals surface area contributed by atoms with Crippen LogP contribution in [0.4, 0.5) is 4.39 Å². The van der Waals surface area contributed by atoms with Crippen LogP contribution in [0.15, 0.2) is 36.5 Å². The van der Waals surface area contributed by atoms with Crippen LogP contribution in [-0.2, 0) is 9.84 Å². The Bertz CT molecular complexity index is 833. The van der Waals surface area contributed by atoms with Gasteiger partial charge in [0, 0.05) is 25.0 Å². The smallest absolute Gasteiger partial charge is 0.274 e. The summed E-state index contributed by atoms with van der Waals surface area (Å²) in [6.45, 7) is 3.25. The highest BCUT2D eigenvalue weighted by atomic mass is 32.2. The van der Waals surface area contributed by atoms with E-state index in [1.165, 1.54) is 27.8 Å². The van der Waals surface area contributed by atoms with Crippen molar-refractivity contribution >= 4 is 15.7 Å². The summed E-state index contributed by atoms with van der Waals surface area (Å²) in [5, 5.41) is 4.15. The molecule has 2 rings (SSSR count). The highest BCUT2D eigenvalue weighted by molar-refractivity contribution is 7.91. The van der Waals surface area contributed by atoms with E-state index in [2.05, 4.69) is 5.10 Å². The van der Waals surface area contributed by atoms with Gasteiger partial charge in [0.25, 0.3) is 5.91 Å². The number of carbonyl (C=O) groups is 1. The molecule has 0 N–H and O–H groups in total. The molecule has 130 valence electrons. The number of carbonyl (C=O) groups excluding carboxylic acids is 1. The molecular formula is C16H20FN3O3S. The van der Waals surface area contributed by atoms with Gasteiger partial charge in [0.05, 0.1) is 11.4 Å². The van der Waals surface area contributed by atoms with Crippen LogP contribution < -0.4 is 0 Å². The molecule has 0 aliphatic heterocycles. The zero-order valence-corrected chi connectivity index (χ0v) is 14.6. The fourth-order valence-corrected chi connectivity index (χ4v) is 3.37. The number of rotatable bonds is 6. The fraction of sp³-hybridized carbons (Fsp3) is 0.375. The van der Waals surface area contributed by atoms with Gasteiger partial charge in [0.1, 0.15) is 5.82 Å². The Morgan fingerprint density at radius 1 is 1.38 bits per heavy atom. The molecule has 8 heteroatoms. The highest BCUT2D eigenvalue weighted by Crippen LogP contribution is 2.12. The van der Waals surface area contributed by atoms with Crippen molar-refractivity contribution in [2.75, 3.05) is 18.6 Å². The third kappa shape index (κ3) is 4.19. The number of aromatic nitrogens is 2. The van der Waals surface area contributed by atoms with E-state index in [0.29, 0.717) is 5.69 Å². The van der Waals surface area contributed by atoms with Crippen molar-refractivity contribution < 1.29 is 17.6 Å². The molecule has 1 heterocycles. The van der Waals surface area contributed by atoms with E-state index in [-0.39, 0.29) is 23.1 Å². The fourth-order valence-electron chi connectivity index (χ4n) is 2.18. The Labute approximate surface area is 140 Å². The van der Waals surface area contributed by atoms with Gasteiger partial charge in [0.2, 0.25) is 0 Å². The maximum absolute atomic E-state index is 13.3. The SMILES string of the molecule is CCS(=O)(=O)CC(C)N(C)C(=O)c1ccn(-c2cccc(F)c2)n1. The molecular weight excluding hydrogens is 333 g/mol. The van der Waals surface area contributed by atoms with E-state index >= 15 is 0 Å². The maximum atomic E-state index is 13.3. The largest absolute Gasteiger partial charge is 0.337 e. The number of amides is 1. The molecule has 24 heavy (non-hydrogen) atoms. The highest BCUT2D eigenvalue weighted by Gasteiger charge is 2.23. The molecule has 2 aromatic rings. The molecule has 0 radical (unpaired) electrons. The minimum Gasteiger partial charge on any atom is -0.337 e. The maximum Gasteiger partial charge on any atom is 0.274 e. The molecule has 0 saturated heterocycles. The van der Waals surface area contributed by atoms with E-state index in [4.69, 9.17) is 0 Å². The molecule has 1 amide bonds. The van der Waals surface area contributed by atoms with Crippen molar-refractivity contribution in [3.05, 3.63) is 48.0 Å². The van der Waals surface area contributed by atoms with Crippen LogP contribution in [0.5, 0.6) is 0 Å². The third-order valence-electron chi connectivity index (χ3n) is 3.80. The van der Waals surface area contributed by atoms with Crippen molar-refractivity contribution in [2.45, 2.75) is 19.9 Å². The van der Waals surface area contributed by atoms with Crippen LogP contribution in [0.2, 0.25) is 0 Å². The summed E-state index contributed by atoms with van der Waals surface area (Å²) < 4.78 is 38.1. The van der Waals surface area contributed by atoms with Crippen LogP contribution in [0.1, 0.15) is 24.3 Å². The third-order valence-corrected chi connectivity index (χ3v) is 5.67. The van der Waals surface area contributed by atoms with E-state index in [1.54, 1.807) is 39.2 Å². The molecule has 1 unspecified atom stereocenters. The lowest BCUT2D eigenvalue weighted by atomic mass is 10.3. The summed E-state index contributed by atoms with van der Waals surface area (Å²) in [6.07, 6.45) is 1.56. The van der Waals surface area contributed by atoms with Crippen molar-refractivity contribution in [1.82, 2.24) is 14.7 Å². The van der Waals surface area contributed by atoms with E-state index in [0.717, 1.165) is 0 Å². The second-order valence-corrected chi connectivity index (χ2v) is 7.99. The number of benzene rings is 1.